The summed E-state index contributed by atoms with van der Waals surface area (Å²) in [6.45, 7) is 6.94. The van der Waals surface area contributed by atoms with Crippen molar-refractivity contribution in [3.8, 4) is 0 Å². The first-order valence-corrected chi connectivity index (χ1v) is 13.6. The minimum Gasteiger partial charge on any atom is -0.372 e. The number of primary sulfonamides is 1. The van der Waals surface area contributed by atoms with E-state index in [-0.39, 0.29) is 16.6 Å². The van der Waals surface area contributed by atoms with Crippen molar-refractivity contribution in [3.63, 3.8) is 0 Å². The molecule has 1 fully saturated rings. The van der Waals surface area contributed by atoms with Crippen LogP contribution in [0.2, 0.25) is 0 Å². The van der Waals surface area contributed by atoms with Gasteiger partial charge in [-0.05, 0) is 68.1 Å². The van der Waals surface area contributed by atoms with Crippen LogP contribution in [0.5, 0.6) is 0 Å². The fourth-order valence-electron chi connectivity index (χ4n) is 4.09. The summed E-state index contributed by atoms with van der Waals surface area (Å²) >= 11 is 1.33. The Kier molecular flexibility index (Phi) is 6.96. The molecule has 3 aromatic rings. The van der Waals surface area contributed by atoms with Gasteiger partial charge in [-0.25, -0.2) is 18.5 Å². The van der Waals surface area contributed by atoms with E-state index in [1.165, 1.54) is 42.4 Å². The van der Waals surface area contributed by atoms with Gasteiger partial charge in [0.1, 0.15) is 0 Å². The van der Waals surface area contributed by atoms with Gasteiger partial charge in [-0.1, -0.05) is 18.7 Å². The lowest BCUT2D eigenvalue weighted by molar-refractivity contribution is -0.113. The number of anilines is 2. The standard InChI is InChI=1S/C23H29N5O3S2/c1-3-10-28-21-9-7-18(33(24,30)31)14-20(21)26-23(28)32-15-22(29)25-19-8-6-17(13-16(19)2)27-11-4-5-12-27/h6-9,13-14H,3-5,10-12,15H2,1-2H3,(H,25,29)(H2,24,30,31). The van der Waals surface area contributed by atoms with Gasteiger partial charge < -0.3 is 14.8 Å². The highest BCUT2D eigenvalue weighted by Crippen LogP contribution is 2.28. The average Bonchev–Trinajstić information content (AvgIpc) is 3.42. The molecule has 0 atom stereocenters. The number of hydrogen-bond acceptors (Lipinski definition) is 6. The third-order valence-corrected chi connectivity index (χ3v) is 7.64. The molecule has 2 heterocycles. The van der Waals surface area contributed by atoms with Gasteiger partial charge in [0.2, 0.25) is 15.9 Å². The highest BCUT2D eigenvalue weighted by Gasteiger charge is 2.17. The Hall–Kier alpha value is -2.56. The zero-order valence-corrected chi connectivity index (χ0v) is 20.5. The Morgan fingerprint density at radius 1 is 1.18 bits per heavy atom. The molecule has 1 amide bonds. The topological polar surface area (TPSA) is 110 Å². The maximum absolute atomic E-state index is 12.7. The van der Waals surface area contributed by atoms with Gasteiger partial charge in [-0.15, -0.1) is 0 Å². The number of benzene rings is 2. The van der Waals surface area contributed by atoms with E-state index >= 15 is 0 Å². The van der Waals surface area contributed by atoms with E-state index in [4.69, 9.17) is 5.14 Å². The fraction of sp³-hybridized carbons (Fsp3) is 0.391. The van der Waals surface area contributed by atoms with Crippen LogP contribution in [0.25, 0.3) is 11.0 Å². The van der Waals surface area contributed by atoms with Crippen LogP contribution < -0.4 is 15.4 Å². The van der Waals surface area contributed by atoms with E-state index in [9.17, 15) is 13.2 Å². The van der Waals surface area contributed by atoms with E-state index < -0.39 is 10.0 Å². The molecular weight excluding hydrogens is 458 g/mol. The lowest BCUT2D eigenvalue weighted by atomic mass is 10.1. The molecule has 4 rings (SSSR count). The van der Waals surface area contributed by atoms with Crippen molar-refractivity contribution in [1.82, 2.24) is 9.55 Å². The van der Waals surface area contributed by atoms with Crippen LogP contribution in [-0.2, 0) is 21.4 Å². The van der Waals surface area contributed by atoms with Crippen LogP contribution in [0.4, 0.5) is 11.4 Å². The maximum Gasteiger partial charge on any atom is 0.238 e. The number of carbonyl (C=O) groups is 1. The van der Waals surface area contributed by atoms with Crippen LogP contribution in [0.15, 0.2) is 46.5 Å². The number of fused-ring (bicyclic) bond motifs is 1. The van der Waals surface area contributed by atoms with Crippen molar-refractivity contribution in [2.24, 2.45) is 5.14 Å². The SMILES string of the molecule is CCCn1c(SCC(=O)Nc2ccc(N3CCCC3)cc2C)nc2cc(S(N)(=O)=O)ccc21. The molecule has 1 saturated heterocycles. The number of nitrogens with zero attached hydrogens (tertiary/aromatic N) is 3. The Labute approximate surface area is 198 Å². The molecule has 0 unspecified atom stereocenters. The Balaban J connectivity index is 1.47. The smallest absolute Gasteiger partial charge is 0.238 e. The van der Waals surface area contributed by atoms with Gasteiger partial charge in [0.25, 0.3) is 0 Å². The van der Waals surface area contributed by atoms with Crippen LogP contribution >= 0.6 is 11.8 Å². The number of imidazole rings is 1. The minimum absolute atomic E-state index is 0.0262. The van der Waals surface area contributed by atoms with Crippen molar-refractivity contribution in [1.29, 1.82) is 0 Å². The molecule has 2 aromatic carbocycles. The Morgan fingerprint density at radius 2 is 1.94 bits per heavy atom. The number of sulfonamides is 1. The third kappa shape index (κ3) is 5.34. The second-order valence-corrected chi connectivity index (χ2v) is 10.8. The van der Waals surface area contributed by atoms with Crippen molar-refractivity contribution in [2.45, 2.75) is 49.7 Å². The van der Waals surface area contributed by atoms with Crippen LogP contribution in [0, 0.1) is 6.92 Å². The zero-order valence-electron chi connectivity index (χ0n) is 18.9. The van der Waals surface area contributed by atoms with E-state index in [1.54, 1.807) is 6.07 Å². The van der Waals surface area contributed by atoms with E-state index in [1.807, 2.05) is 17.6 Å². The molecule has 176 valence electrons. The van der Waals surface area contributed by atoms with Gasteiger partial charge in [0.05, 0.1) is 21.7 Å². The second-order valence-electron chi connectivity index (χ2n) is 8.27. The molecule has 1 aliphatic rings. The first-order chi connectivity index (χ1) is 15.8. The van der Waals surface area contributed by atoms with Gasteiger partial charge in [-0.2, -0.15) is 0 Å². The molecule has 33 heavy (non-hydrogen) atoms. The van der Waals surface area contributed by atoms with Crippen LogP contribution in [-0.4, -0.2) is 42.7 Å². The second kappa shape index (κ2) is 9.74. The van der Waals surface area contributed by atoms with Crippen molar-refractivity contribution >= 4 is 50.1 Å². The quantitative estimate of drug-likeness (QED) is 0.469. The molecule has 3 N–H and O–H groups in total. The predicted molar refractivity (Wildman–Crippen MR) is 133 cm³/mol. The zero-order chi connectivity index (χ0) is 23.6. The Morgan fingerprint density at radius 3 is 2.61 bits per heavy atom. The number of aryl methyl sites for hydroxylation is 2. The Bertz CT molecular complexity index is 1280. The lowest BCUT2D eigenvalue weighted by Crippen LogP contribution is -2.18. The molecular formula is C23H29N5O3S2. The lowest BCUT2D eigenvalue weighted by Gasteiger charge is -2.19. The summed E-state index contributed by atoms with van der Waals surface area (Å²) in [5, 5.41) is 8.93. The molecule has 0 radical (unpaired) electrons. The van der Waals surface area contributed by atoms with Crippen LogP contribution in [0.1, 0.15) is 31.7 Å². The molecule has 0 spiro atoms. The highest BCUT2D eigenvalue weighted by atomic mass is 32.2. The number of hydrogen-bond donors (Lipinski definition) is 2. The molecule has 10 heteroatoms. The molecule has 0 bridgehead atoms. The summed E-state index contributed by atoms with van der Waals surface area (Å²) in [5.41, 5.74) is 4.41. The van der Waals surface area contributed by atoms with E-state index in [2.05, 4.69) is 34.3 Å². The average molecular weight is 488 g/mol. The summed E-state index contributed by atoms with van der Waals surface area (Å²) in [7, 11) is -3.81. The number of thioether (sulfide) groups is 1. The number of carbonyl (C=O) groups excluding carboxylic acids is 1. The summed E-state index contributed by atoms with van der Waals surface area (Å²) in [6.07, 6.45) is 3.33. The monoisotopic (exact) mass is 487 g/mol. The normalized spacial score (nSPS) is 14.2. The fourth-order valence-corrected chi connectivity index (χ4v) is 5.47. The number of amides is 1. The van der Waals surface area contributed by atoms with E-state index in [0.29, 0.717) is 17.2 Å². The number of rotatable bonds is 8. The predicted octanol–water partition coefficient (Wildman–Crippen LogP) is 3.73. The van der Waals surface area contributed by atoms with Gasteiger partial charge in [0, 0.05) is 31.0 Å². The number of nitrogens with one attached hydrogen (secondary N) is 1. The summed E-state index contributed by atoms with van der Waals surface area (Å²) < 4.78 is 25.4. The molecule has 1 aliphatic heterocycles. The molecule has 0 saturated carbocycles. The van der Waals surface area contributed by atoms with Crippen molar-refractivity contribution in [2.75, 3.05) is 29.1 Å². The highest BCUT2D eigenvalue weighted by molar-refractivity contribution is 7.99. The number of nitrogens with two attached hydrogens (primary N) is 1. The number of aromatic nitrogens is 2. The third-order valence-electron chi connectivity index (χ3n) is 5.75. The molecule has 0 aliphatic carbocycles. The molecule has 1 aromatic heterocycles. The molecule has 8 nitrogen and oxygen atoms in total. The van der Waals surface area contributed by atoms with Crippen molar-refractivity contribution < 1.29 is 13.2 Å². The van der Waals surface area contributed by atoms with E-state index in [0.717, 1.165) is 36.3 Å². The maximum atomic E-state index is 12.7. The first-order valence-electron chi connectivity index (χ1n) is 11.1. The summed E-state index contributed by atoms with van der Waals surface area (Å²) in [4.78, 5) is 19.6. The van der Waals surface area contributed by atoms with Gasteiger partial charge in [-0.3, -0.25) is 4.79 Å². The summed E-state index contributed by atoms with van der Waals surface area (Å²) in [6, 6.07) is 10.8. The summed E-state index contributed by atoms with van der Waals surface area (Å²) in [5.74, 6) is 0.0833. The van der Waals surface area contributed by atoms with Crippen molar-refractivity contribution in [3.05, 3.63) is 42.0 Å². The largest absolute Gasteiger partial charge is 0.372 e. The van der Waals surface area contributed by atoms with Gasteiger partial charge in [0.15, 0.2) is 5.16 Å². The van der Waals surface area contributed by atoms with Crippen LogP contribution in [0.3, 0.4) is 0 Å². The minimum atomic E-state index is -3.81. The first kappa shape index (κ1) is 23.6. The van der Waals surface area contributed by atoms with Gasteiger partial charge >= 0.3 is 0 Å².